The molecular weight excluding hydrogens is 236 g/mol. The Morgan fingerprint density at radius 1 is 1.26 bits per heavy atom. The molecule has 1 aromatic carbocycles. The maximum absolute atomic E-state index is 12.4. The molecule has 1 atom stereocenters. The third kappa shape index (κ3) is 3.49. The first kappa shape index (κ1) is 13.9. The van der Waals surface area contributed by atoms with E-state index in [1.54, 1.807) is 0 Å². The third-order valence-electron chi connectivity index (χ3n) is 3.81. The molecule has 1 amide bonds. The second-order valence-corrected chi connectivity index (χ2v) is 5.26. The number of nitrogens with zero attached hydrogens (tertiary/aromatic N) is 1. The monoisotopic (exact) mass is 260 g/mol. The summed E-state index contributed by atoms with van der Waals surface area (Å²) < 4.78 is 0. The van der Waals surface area contributed by atoms with E-state index in [-0.39, 0.29) is 11.9 Å². The molecule has 0 spiro atoms. The molecule has 0 saturated carbocycles. The number of carbonyl (C=O) groups is 1. The Balaban J connectivity index is 1.99. The molecule has 3 nitrogen and oxygen atoms in total. The highest BCUT2D eigenvalue weighted by Crippen LogP contribution is 2.18. The van der Waals surface area contributed by atoms with Crippen LogP contribution in [0.3, 0.4) is 0 Å². The average Bonchev–Trinajstić information content (AvgIpc) is 2.48. The predicted molar refractivity (Wildman–Crippen MR) is 79.3 cm³/mol. The Hall–Kier alpha value is -1.51. The first-order valence-electron chi connectivity index (χ1n) is 7.35. The summed E-state index contributed by atoms with van der Waals surface area (Å²) in [5.41, 5.74) is 2.35. The number of carbonyl (C=O) groups excluding carboxylic acids is 1. The predicted octanol–water partition coefficient (Wildman–Crippen LogP) is 3.06. The lowest BCUT2D eigenvalue weighted by Gasteiger charge is -2.30. The van der Waals surface area contributed by atoms with Crippen molar-refractivity contribution in [1.82, 2.24) is 4.90 Å². The number of benzene rings is 1. The summed E-state index contributed by atoms with van der Waals surface area (Å²) in [7, 11) is 0. The van der Waals surface area contributed by atoms with Gasteiger partial charge in [0.05, 0.1) is 0 Å². The molecule has 1 aliphatic rings. The van der Waals surface area contributed by atoms with Gasteiger partial charge in [0.15, 0.2) is 0 Å². The van der Waals surface area contributed by atoms with E-state index in [0.29, 0.717) is 0 Å². The largest absolute Gasteiger partial charge is 0.374 e. The van der Waals surface area contributed by atoms with Gasteiger partial charge in [-0.2, -0.15) is 0 Å². The van der Waals surface area contributed by atoms with Crippen LogP contribution in [0.4, 0.5) is 5.69 Å². The van der Waals surface area contributed by atoms with E-state index in [2.05, 4.69) is 24.4 Å². The number of hydrogen-bond acceptors (Lipinski definition) is 2. The molecule has 104 valence electrons. The van der Waals surface area contributed by atoms with Crippen LogP contribution in [-0.4, -0.2) is 29.9 Å². The highest BCUT2D eigenvalue weighted by molar-refractivity contribution is 5.84. The van der Waals surface area contributed by atoms with E-state index >= 15 is 0 Å². The SMILES string of the molecule is CCc1ccccc1NC(C)C(=O)N1CCCCC1. The Labute approximate surface area is 116 Å². The van der Waals surface area contributed by atoms with Crippen molar-refractivity contribution in [2.24, 2.45) is 0 Å². The van der Waals surface area contributed by atoms with E-state index in [9.17, 15) is 4.79 Å². The molecule has 1 N–H and O–H groups in total. The standard InChI is InChI=1S/C16H24N2O/c1-3-14-9-5-6-10-15(14)17-13(2)16(19)18-11-7-4-8-12-18/h5-6,9-10,13,17H,3-4,7-8,11-12H2,1-2H3. The number of hydrogen-bond donors (Lipinski definition) is 1. The van der Waals surface area contributed by atoms with Crippen molar-refractivity contribution in [2.45, 2.75) is 45.6 Å². The molecule has 0 radical (unpaired) electrons. The minimum Gasteiger partial charge on any atom is -0.374 e. The van der Waals surface area contributed by atoms with E-state index < -0.39 is 0 Å². The molecule has 1 fully saturated rings. The van der Waals surface area contributed by atoms with Crippen molar-refractivity contribution in [3.63, 3.8) is 0 Å². The van der Waals surface area contributed by atoms with Gasteiger partial charge in [0, 0.05) is 18.8 Å². The zero-order valence-electron chi connectivity index (χ0n) is 12.0. The van der Waals surface area contributed by atoms with Crippen LogP contribution >= 0.6 is 0 Å². The minimum absolute atomic E-state index is 0.147. The van der Waals surface area contributed by atoms with Crippen molar-refractivity contribution in [3.05, 3.63) is 29.8 Å². The highest BCUT2D eigenvalue weighted by atomic mass is 16.2. The fourth-order valence-electron chi connectivity index (χ4n) is 2.65. The molecule has 1 saturated heterocycles. The van der Waals surface area contributed by atoms with Gasteiger partial charge in [-0.15, -0.1) is 0 Å². The number of rotatable bonds is 4. The average molecular weight is 260 g/mol. The zero-order chi connectivity index (χ0) is 13.7. The molecule has 0 aromatic heterocycles. The molecule has 2 rings (SSSR count). The van der Waals surface area contributed by atoms with Gasteiger partial charge < -0.3 is 10.2 Å². The van der Waals surface area contributed by atoms with Gasteiger partial charge in [-0.3, -0.25) is 4.79 Å². The Morgan fingerprint density at radius 2 is 1.95 bits per heavy atom. The normalized spacial score (nSPS) is 17.1. The zero-order valence-corrected chi connectivity index (χ0v) is 12.0. The first-order chi connectivity index (χ1) is 9.22. The van der Waals surface area contributed by atoms with Crippen molar-refractivity contribution in [2.75, 3.05) is 18.4 Å². The quantitative estimate of drug-likeness (QED) is 0.902. The fourth-order valence-corrected chi connectivity index (χ4v) is 2.65. The number of para-hydroxylation sites is 1. The number of aryl methyl sites for hydroxylation is 1. The number of likely N-dealkylation sites (tertiary alicyclic amines) is 1. The van der Waals surface area contributed by atoms with Crippen LogP contribution in [0.15, 0.2) is 24.3 Å². The molecule has 3 heteroatoms. The molecule has 1 aromatic rings. The lowest BCUT2D eigenvalue weighted by molar-refractivity contribution is -0.132. The van der Waals surface area contributed by atoms with Crippen LogP contribution in [0.5, 0.6) is 0 Å². The van der Waals surface area contributed by atoms with E-state index in [4.69, 9.17) is 0 Å². The second-order valence-electron chi connectivity index (χ2n) is 5.26. The molecule has 0 aliphatic carbocycles. The third-order valence-corrected chi connectivity index (χ3v) is 3.81. The van der Waals surface area contributed by atoms with E-state index in [0.717, 1.165) is 38.0 Å². The Kier molecular flexibility index (Phi) is 4.83. The summed E-state index contributed by atoms with van der Waals surface area (Å²) in [5, 5.41) is 3.37. The van der Waals surface area contributed by atoms with Crippen LogP contribution in [0.25, 0.3) is 0 Å². The van der Waals surface area contributed by atoms with Crippen LogP contribution in [-0.2, 0) is 11.2 Å². The fraction of sp³-hybridized carbons (Fsp3) is 0.562. The van der Waals surface area contributed by atoms with Gasteiger partial charge in [-0.1, -0.05) is 25.1 Å². The smallest absolute Gasteiger partial charge is 0.244 e. The van der Waals surface area contributed by atoms with Gasteiger partial charge in [-0.25, -0.2) is 0 Å². The summed E-state index contributed by atoms with van der Waals surface area (Å²) in [6.45, 7) is 5.93. The molecule has 19 heavy (non-hydrogen) atoms. The number of nitrogens with one attached hydrogen (secondary N) is 1. The van der Waals surface area contributed by atoms with Crippen molar-refractivity contribution >= 4 is 11.6 Å². The number of piperidine rings is 1. The minimum atomic E-state index is -0.147. The first-order valence-corrected chi connectivity index (χ1v) is 7.35. The summed E-state index contributed by atoms with van der Waals surface area (Å²) in [4.78, 5) is 14.4. The van der Waals surface area contributed by atoms with Crippen LogP contribution < -0.4 is 5.32 Å². The molecule has 1 heterocycles. The molecule has 1 aliphatic heterocycles. The van der Waals surface area contributed by atoms with Gasteiger partial charge in [0.1, 0.15) is 6.04 Å². The topological polar surface area (TPSA) is 32.3 Å². The Morgan fingerprint density at radius 3 is 2.63 bits per heavy atom. The maximum atomic E-state index is 12.4. The summed E-state index contributed by atoms with van der Waals surface area (Å²) >= 11 is 0. The highest BCUT2D eigenvalue weighted by Gasteiger charge is 2.22. The summed E-state index contributed by atoms with van der Waals surface area (Å²) in [6, 6.07) is 8.07. The number of anilines is 1. The summed E-state index contributed by atoms with van der Waals surface area (Å²) in [6.07, 6.45) is 4.52. The Bertz CT molecular complexity index is 425. The van der Waals surface area contributed by atoms with Crippen molar-refractivity contribution in [3.8, 4) is 0 Å². The maximum Gasteiger partial charge on any atom is 0.244 e. The van der Waals surface area contributed by atoms with Gasteiger partial charge in [-0.05, 0) is 44.2 Å². The lowest BCUT2D eigenvalue weighted by atomic mass is 10.1. The summed E-state index contributed by atoms with van der Waals surface area (Å²) in [5.74, 6) is 0.227. The van der Waals surface area contributed by atoms with Crippen LogP contribution in [0.1, 0.15) is 38.7 Å². The van der Waals surface area contributed by atoms with Gasteiger partial charge >= 0.3 is 0 Å². The van der Waals surface area contributed by atoms with E-state index in [1.807, 2.05) is 24.0 Å². The van der Waals surface area contributed by atoms with Crippen molar-refractivity contribution < 1.29 is 4.79 Å². The molecule has 0 bridgehead atoms. The van der Waals surface area contributed by atoms with Crippen LogP contribution in [0.2, 0.25) is 0 Å². The molecule has 1 unspecified atom stereocenters. The van der Waals surface area contributed by atoms with Gasteiger partial charge in [0.25, 0.3) is 0 Å². The van der Waals surface area contributed by atoms with Crippen molar-refractivity contribution in [1.29, 1.82) is 0 Å². The van der Waals surface area contributed by atoms with Crippen LogP contribution in [0, 0.1) is 0 Å². The second kappa shape index (κ2) is 6.60. The molecular formula is C16H24N2O. The van der Waals surface area contributed by atoms with Gasteiger partial charge in [0.2, 0.25) is 5.91 Å². The van der Waals surface area contributed by atoms with E-state index in [1.165, 1.54) is 12.0 Å². The number of amides is 1. The lowest BCUT2D eigenvalue weighted by Crippen LogP contribution is -2.44.